The predicted octanol–water partition coefficient (Wildman–Crippen LogP) is 3.55. The Morgan fingerprint density at radius 1 is 1.15 bits per heavy atom. The minimum atomic E-state index is 0.837. The van der Waals surface area contributed by atoms with E-state index in [4.69, 9.17) is 0 Å². The summed E-state index contributed by atoms with van der Waals surface area (Å²) in [5.41, 5.74) is 3.55. The molecular formula is C13H18. The Morgan fingerprint density at radius 3 is 2.77 bits per heavy atom. The van der Waals surface area contributed by atoms with Crippen LogP contribution in [-0.4, -0.2) is 0 Å². The SMILES string of the molecule is CC1CCC(C)C2=C1C=CC1CC21. The van der Waals surface area contributed by atoms with Gasteiger partial charge >= 0.3 is 0 Å². The fourth-order valence-corrected chi connectivity index (χ4v) is 3.23. The van der Waals surface area contributed by atoms with Crippen LogP contribution < -0.4 is 0 Å². The molecule has 0 amide bonds. The molecule has 0 aliphatic heterocycles. The van der Waals surface area contributed by atoms with Crippen LogP contribution in [0.15, 0.2) is 23.3 Å². The molecule has 0 aromatic carbocycles. The van der Waals surface area contributed by atoms with Crippen molar-refractivity contribution in [1.29, 1.82) is 0 Å². The molecular weight excluding hydrogens is 156 g/mol. The van der Waals surface area contributed by atoms with Crippen molar-refractivity contribution in [1.82, 2.24) is 0 Å². The van der Waals surface area contributed by atoms with Crippen molar-refractivity contribution in [3.05, 3.63) is 23.3 Å². The third-order valence-corrected chi connectivity index (χ3v) is 4.19. The largest absolute Gasteiger partial charge is 0.0805 e. The highest BCUT2D eigenvalue weighted by Gasteiger charge is 2.44. The summed E-state index contributed by atoms with van der Waals surface area (Å²) < 4.78 is 0. The van der Waals surface area contributed by atoms with E-state index in [1.165, 1.54) is 19.3 Å². The lowest BCUT2D eigenvalue weighted by atomic mass is 9.74. The predicted molar refractivity (Wildman–Crippen MR) is 55.3 cm³/mol. The molecule has 0 spiro atoms. The number of hydrogen-bond donors (Lipinski definition) is 0. The van der Waals surface area contributed by atoms with Gasteiger partial charge < -0.3 is 0 Å². The summed E-state index contributed by atoms with van der Waals surface area (Å²) in [6.07, 6.45) is 9.17. The second-order valence-electron chi connectivity index (χ2n) is 5.16. The van der Waals surface area contributed by atoms with Crippen LogP contribution in [0.2, 0.25) is 0 Å². The standard InChI is InChI=1S/C13H18/c1-8-3-4-9(2)13-11(8)6-5-10-7-12(10)13/h5-6,8-10,12H,3-4,7H2,1-2H3. The Balaban J connectivity index is 2.05. The molecule has 1 saturated carbocycles. The van der Waals surface area contributed by atoms with E-state index in [2.05, 4.69) is 26.0 Å². The van der Waals surface area contributed by atoms with Crippen molar-refractivity contribution in [2.24, 2.45) is 23.7 Å². The fraction of sp³-hybridized carbons (Fsp3) is 0.692. The Bertz CT molecular complexity index is 295. The van der Waals surface area contributed by atoms with Crippen LogP contribution in [0.1, 0.15) is 33.1 Å². The molecule has 4 atom stereocenters. The molecule has 0 radical (unpaired) electrons. The number of allylic oxidation sites excluding steroid dienone is 4. The highest BCUT2D eigenvalue weighted by molar-refractivity contribution is 5.41. The zero-order valence-corrected chi connectivity index (χ0v) is 8.59. The van der Waals surface area contributed by atoms with Crippen molar-refractivity contribution < 1.29 is 0 Å². The van der Waals surface area contributed by atoms with Gasteiger partial charge in [-0.3, -0.25) is 0 Å². The minimum absolute atomic E-state index is 0.837. The maximum absolute atomic E-state index is 2.46. The molecule has 0 bridgehead atoms. The second-order valence-corrected chi connectivity index (χ2v) is 5.16. The first-order valence-electron chi connectivity index (χ1n) is 5.69. The molecule has 3 rings (SSSR count). The summed E-state index contributed by atoms with van der Waals surface area (Å²) in [5, 5.41) is 0. The average molecular weight is 174 g/mol. The van der Waals surface area contributed by atoms with E-state index in [-0.39, 0.29) is 0 Å². The first kappa shape index (κ1) is 7.84. The van der Waals surface area contributed by atoms with Crippen LogP contribution in [0.3, 0.4) is 0 Å². The van der Waals surface area contributed by atoms with Gasteiger partial charge in [0, 0.05) is 0 Å². The lowest BCUT2D eigenvalue weighted by Crippen LogP contribution is -2.18. The smallest absolute Gasteiger partial charge is 0.0125 e. The lowest BCUT2D eigenvalue weighted by Gasteiger charge is -2.31. The summed E-state index contributed by atoms with van der Waals surface area (Å²) in [4.78, 5) is 0. The molecule has 0 heteroatoms. The first-order valence-corrected chi connectivity index (χ1v) is 5.69. The molecule has 13 heavy (non-hydrogen) atoms. The van der Waals surface area contributed by atoms with Crippen molar-refractivity contribution in [3.63, 3.8) is 0 Å². The third-order valence-electron chi connectivity index (χ3n) is 4.19. The molecule has 0 saturated heterocycles. The summed E-state index contributed by atoms with van der Waals surface area (Å²) >= 11 is 0. The van der Waals surface area contributed by atoms with Crippen molar-refractivity contribution in [3.8, 4) is 0 Å². The van der Waals surface area contributed by atoms with Gasteiger partial charge in [0.05, 0.1) is 0 Å². The van der Waals surface area contributed by atoms with Crippen molar-refractivity contribution in [2.45, 2.75) is 33.1 Å². The van der Waals surface area contributed by atoms with Crippen LogP contribution in [0.25, 0.3) is 0 Å². The van der Waals surface area contributed by atoms with Gasteiger partial charge in [-0.05, 0) is 48.5 Å². The van der Waals surface area contributed by atoms with Crippen molar-refractivity contribution in [2.75, 3.05) is 0 Å². The van der Waals surface area contributed by atoms with Gasteiger partial charge in [-0.25, -0.2) is 0 Å². The van der Waals surface area contributed by atoms with Gasteiger partial charge in [0.2, 0.25) is 0 Å². The molecule has 0 nitrogen and oxygen atoms in total. The second kappa shape index (κ2) is 2.50. The van der Waals surface area contributed by atoms with E-state index < -0.39 is 0 Å². The highest BCUT2D eigenvalue weighted by atomic mass is 14.5. The summed E-state index contributed by atoms with van der Waals surface area (Å²) in [5.74, 6) is 3.62. The maximum Gasteiger partial charge on any atom is -0.0125 e. The molecule has 0 N–H and O–H groups in total. The zero-order valence-electron chi connectivity index (χ0n) is 8.59. The lowest BCUT2D eigenvalue weighted by molar-refractivity contribution is 0.440. The molecule has 0 heterocycles. The van der Waals surface area contributed by atoms with Gasteiger partial charge in [-0.1, -0.05) is 31.6 Å². The van der Waals surface area contributed by atoms with E-state index in [1.807, 2.05) is 5.57 Å². The van der Waals surface area contributed by atoms with Crippen LogP contribution in [-0.2, 0) is 0 Å². The van der Waals surface area contributed by atoms with E-state index in [1.54, 1.807) is 5.57 Å². The van der Waals surface area contributed by atoms with Crippen molar-refractivity contribution >= 4 is 0 Å². The van der Waals surface area contributed by atoms with Gasteiger partial charge in [-0.15, -0.1) is 0 Å². The highest BCUT2D eigenvalue weighted by Crippen LogP contribution is 2.55. The Morgan fingerprint density at radius 2 is 1.92 bits per heavy atom. The monoisotopic (exact) mass is 174 g/mol. The van der Waals surface area contributed by atoms with Gasteiger partial charge in [0.1, 0.15) is 0 Å². The van der Waals surface area contributed by atoms with E-state index in [0.717, 1.165) is 23.7 Å². The Hall–Kier alpha value is -0.520. The quantitative estimate of drug-likeness (QED) is 0.527. The summed E-state index contributed by atoms with van der Waals surface area (Å²) in [6, 6.07) is 0. The summed E-state index contributed by atoms with van der Waals surface area (Å²) in [6.45, 7) is 4.82. The third kappa shape index (κ3) is 1.04. The van der Waals surface area contributed by atoms with Crippen LogP contribution in [0.4, 0.5) is 0 Å². The van der Waals surface area contributed by atoms with Crippen LogP contribution >= 0.6 is 0 Å². The molecule has 3 aliphatic rings. The maximum atomic E-state index is 2.46. The first-order chi connectivity index (χ1) is 6.27. The molecule has 1 fully saturated rings. The fourth-order valence-electron chi connectivity index (χ4n) is 3.23. The molecule has 0 aromatic rings. The Labute approximate surface area is 80.7 Å². The molecule has 3 aliphatic carbocycles. The van der Waals surface area contributed by atoms with Crippen LogP contribution in [0, 0.1) is 23.7 Å². The number of rotatable bonds is 0. The minimum Gasteiger partial charge on any atom is -0.0805 e. The number of hydrogen-bond acceptors (Lipinski definition) is 0. The van der Waals surface area contributed by atoms with E-state index >= 15 is 0 Å². The number of fused-ring (bicyclic) bond motifs is 2. The summed E-state index contributed by atoms with van der Waals surface area (Å²) in [7, 11) is 0. The zero-order chi connectivity index (χ0) is 9.00. The Kier molecular flexibility index (Phi) is 1.51. The van der Waals surface area contributed by atoms with Gasteiger partial charge in [0.25, 0.3) is 0 Å². The van der Waals surface area contributed by atoms with Gasteiger partial charge in [0.15, 0.2) is 0 Å². The molecule has 70 valence electrons. The van der Waals surface area contributed by atoms with Gasteiger partial charge in [-0.2, -0.15) is 0 Å². The van der Waals surface area contributed by atoms with Crippen LogP contribution in [0.5, 0.6) is 0 Å². The van der Waals surface area contributed by atoms with E-state index in [0.29, 0.717) is 0 Å². The molecule has 0 aromatic heterocycles. The normalized spacial score (nSPS) is 47.2. The van der Waals surface area contributed by atoms with E-state index in [9.17, 15) is 0 Å². The molecule has 4 unspecified atom stereocenters. The average Bonchev–Trinajstić information content (AvgIpc) is 2.89. The topological polar surface area (TPSA) is 0 Å².